The van der Waals surface area contributed by atoms with E-state index in [2.05, 4.69) is 10.3 Å². The zero-order valence-corrected chi connectivity index (χ0v) is 13.0. The van der Waals surface area contributed by atoms with Crippen molar-refractivity contribution in [2.24, 2.45) is 0 Å². The Labute approximate surface area is 130 Å². The van der Waals surface area contributed by atoms with Crippen LogP contribution in [-0.2, 0) is 13.1 Å². The maximum Gasteiger partial charge on any atom is 0.276 e. The van der Waals surface area contributed by atoms with E-state index in [-0.39, 0.29) is 18.6 Å². The highest BCUT2D eigenvalue weighted by Gasteiger charge is 2.25. The fourth-order valence-electron chi connectivity index (χ4n) is 2.29. The number of carbonyl (C=O) groups is 1. The van der Waals surface area contributed by atoms with Crippen LogP contribution < -0.4 is 0 Å². The van der Waals surface area contributed by atoms with Gasteiger partial charge in [-0.3, -0.25) is 9.48 Å². The first-order chi connectivity index (χ1) is 10.7. The number of amides is 1. The van der Waals surface area contributed by atoms with Gasteiger partial charge in [0.2, 0.25) is 0 Å². The van der Waals surface area contributed by atoms with Crippen molar-refractivity contribution in [2.75, 3.05) is 6.61 Å². The van der Waals surface area contributed by atoms with Gasteiger partial charge in [0, 0.05) is 13.1 Å². The fraction of sp³-hybridized carbons (Fsp3) is 0.438. The molecule has 6 heteroatoms. The van der Waals surface area contributed by atoms with Crippen molar-refractivity contribution >= 4 is 5.91 Å². The molecule has 0 aliphatic rings. The minimum Gasteiger partial charge on any atom is -0.394 e. The molecule has 0 aliphatic carbocycles. The molecular formula is C16H22N4O2. The second-order valence-electron chi connectivity index (χ2n) is 5.12. The summed E-state index contributed by atoms with van der Waals surface area (Å²) in [6.45, 7) is 4.92. The molecule has 0 spiro atoms. The van der Waals surface area contributed by atoms with E-state index >= 15 is 0 Å². The van der Waals surface area contributed by atoms with Crippen molar-refractivity contribution in [3.63, 3.8) is 0 Å². The Morgan fingerprint density at radius 2 is 2.05 bits per heavy atom. The number of nitrogens with zero attached hydrogens (tertiary/aromatic N) is 4. The van der Waals surface area contributed by atoms with Gasteiger partial charge in [-0.2, -0.15) is 0 Å². The van der Waals surface area contributed by atoms with Crippen molar-refractivity contribution in [3.8, 4) is 0 Å². The SMILES string of the molecule is CC[C@H](CO)N(Cc1ccccc1)C(=O)c1cn(CC)nn1. The molecule has 1 aromatic carbocycles. The van der Waals surface area contributed by atoms with Crippen molar-refractivity contribution in [1.82, 2.24) is 19.9 Å². The lowest BCUT2D eigenvalue weighted by Gasteiger charge is -2.29. The highest BCUT2D eigenvalue weighted by Crippen LogP contribution is 2.14. The van der Waals surface area contributed by atoms with Gasteiger partial charge in [-0.15, -0.1) is 5.10 Å². The Hall–Kier alpha value is -2.21. The first kappa shape index (κ1) is 16.2. The Kier molecular flexibility index (Phi) is 5.66. The molecule has 2 aromatic rings. The van der Waals surface area contributed by atoms with Crippen LogP contribution in [0.1, 0.15) is 36.3 Å². The number of aliphatic hydroxyl groups excluding tert-OH is 1. The monoisotopic (exact) mass is 302 g/mol. The second-order valence-corrected chi connectivity index (χ2v) is 5.12. The van der Waals surface area contributed by atoms with Gasteiger partial charge >= 0.3 is 0 Å². The highest BCUT2D eigenvalue weighted by atomic mass is 16.3. The molecule has 1 amide bonds. The molecule has 0 saturated carbocycles. The van der Waals surface area contributed by atoms with Crippen LogP contribution in [0.5, 0.6) is 0 Å². The van der Waals surface area contributed by atoms with Gasteiger partial charge in [-0.05, 0) is 18.9 Å². The van der Waals surface area contributed by atoms with E-state index in [4.69, 9.17) is 0 Å². The van der Waals surface area contributed by atoms with Crippen LogP contribution in [0.4, 0.5) is 0 Å². The van der Waals surface area contributed by atoms with Gasteiger partial charge in [0.1, 0.15) is 0 Å². The lowest BCUT2D eigenvalue weighted by atomic mass is 10.1. The Morgan fingerprint density at radius 3 is 2.59 bits per heavy atom. The largest absolute Gasteiger partial charge is 0.394 e. The molecule has 22 heavy (non-hydrogen) atoms. The van der Waals surface area contributed by atoms with E-state index in [1.165, 1.54) is 0 Å². The molecule has 0 aliphatic heterocycles. The van der Waals surface area contributed by atoms with Crippen LogP contribution in [0.15, 0.2) is 36.5 Å². The number of aliphatic hydroxyl groups is 1. The maximum atomic E-state index is 12.7. The van der Waals surface area contributed by atoms with E-state index in [0.717, 1.165) is 5.56 Å². The third kappa shape index (κ3) is 3.71. The Balaban J connectivity index is 2.25. The smallest absolute Gasteiger partial charge is 0.276 e. The molecule has 0 fully saturated rings. The average molecular weight is 302 g/mol. The predicted octanol–water partition coefficient (Wildman–Crippen LogP) is 1.71. The molecule has 1 heterocycles. The van der Waals surface area contributed by atoms with Crippen molar-refractivity contribution in [1.29, 1.82) is 0 Å². The molecule has 2 rings (SSSR count). The van der Waals surface area contributed by atoms with E-state index in [9.17, 15) is 9.90 Å². The van der Waals surface area contributed by atoms with Crippen molar-refractivity contribution in [2.45, 2.75) is 39.4 Å². The van der Waals surface area contributed by atoms with Gasteiger partial charge in [0.15, 0.2) is 5.69 Å². The number of carbonyl (C=O) groups excluding carboxylic acids is 1. The maximum absolute atomic E-state index is 12.7. The Bertz CT molecular complexity index is 593. The summed E-state index contributed by atoms with van der Waals surface area (Å²) in [5.74, 6) is -0.204. The van der Waals surface area contributed by atoms with Gasteiger partial charge in [0.05, 0.1) is 18.8 Å². The van der Waals surface area contributed by atoms with E-state index in [1.54, 1.807) is 15.8 Å². The standard InChI is InChI=1S/C16H22N4O2/c1-3-14(12-21)20(10-13-8-6-5-7-9-13)16(22)15-11-19(4-2)18-17-15/h5-9,11,14,21H,3-4,10,12H2,1-2H3/t14-/m1/s1. The van der Waals surface area contributed by atoms with Gasteiger partial charge in [0.25, 0.3) is 5.91 Å². The zero-order valence-electron chi connectivity index (χ0n) is 13.0. The normalized spacial score (nSPS) is 12.1. The van der Waals surface area contributed by atoms with Crippen molar-refractivity contribution < 1.29 is 9.90 Å². The van der Waals surface area contributed by atoms with E-state index < -0.39 is 0 Å². The minimum atomic E-state index is -0.237. The topological polar surface area (TPSA) is 71.2 Å². The number of aryl methyl sites for hydroxylation is 1. The quantitative estimate of drug-likeness (QED) is 0.845. The molecule has 1 atom stereocenters. The van der Waals surface area contributed by atoms with E-state index in [1.807, 2.05) is 44.2 Å². The Morgan fingerprint density at radius 1 is 1.32 bits per heavy atom. The average Bonchev–Trinajstić information content (AvgIpc) is 3.04. The summed E-state index contributed by atoms with van der Waals surface area (Å²) >= 11 is 0. The lowest BCUT2D eigenvalue weighted by Crippen LogP contribution is -2.41. The first-order valence-corrected chi connectivity index (χ1v) is 7.55. The highest BCUT2D eigenvalue weighted by molar-refractivity contribution is 5.92. The minimum absolute atomic E-state index is 0.0724. The molecular weight excluding hydrogens is 280 g/mol. The summed E-state index contributed by atoms with van der Waals surface area (Å²) in [7, 11) is 0. The van der Waals surface area contributed by atoms with Gasteiger partial charge in [-0.25, -0.2) is 0 Å². The van der Waals surface area contributed by atoms with Crippen LogP contribution in [0.3, 0.4) is 0 Å². The molecule has 1 N–H and O–H groups in total. The van der Waals surface area contributed by atoms with Crippen LogP contribution in [0.25, 0.3) is 0 Å². The molecule has 0 saturated heterocycles. The summed E-state index contributed by atoms with van der Waals surface area (Å²) < 4.78 is 1.62. The number of benzene rings is 1. The van der Waals surface area contributed by atoms with Gasteiger partial charge < -0.3 is 10.0 Å². The summed E-state index contributed by atoms with van der Waals surface area (Å²) in [5, 5.41) is 17.4. The number of rotatable bonds is 7. The fourth-order valence-corrected chi connectivity index (χ4v) is 2.29. The molecule has 0 unspecified atom stereocenters. The number of aromatic nitrogens is 3. The zero-order chi connectivity index (χ0) is 15.9. The van der Waals surface area contributed by atoms with Crippen molar-refractivity contribution in [3.05, 3.63) is 47.8 Å². The second kappa shape index (κ2) is 7.70. The number of hydrogen-bond donors (Lipinski definition) is 1. The summed E-state index contributed by atoms with van der Waals surface area (Å²) in [6.07, 6.45) is 2.32. The molecule has 0 radical (unpaired) electrons. The van der Waals surface area contributed by atoms with Crippen LogP contribution >= 0.6 is 0 Å². The molecule has 0 bridgehead atoms. The molecule has 6 nitrogen and oxygen atoms in total. The third-order valence-corrected chi connectivity index (χ3v) is 3.66. The molecule has 1 aromatic heterocycles. The third-order valence-electron chi connectivity index (χ3n) is 3.66. The molecule has 118 valence electrons. The van der Waals surface area contributed by atoms with Crippen LogP contribution in [0, 0.1) is 0 Å². The van der Waals surface area contributed by atoms with E-state index in [0.29, 0.717) is 25.2 Å². The summed E-state index contributed by atoms with van der Waals surface area (Å²) in [4.78, 5) is 14.4. The van der Waals surface area contributed by atoms with Crippen LogP contribution in [0.2, 0.25) is 0 Å². The van der Waals surface area contributed by atoms with Gasteiger partial charge in [-0.1, -0.05) is 42.5 Å². The first-order valence-electron chi connectivity index (χ1n) is 7.55. The predicted molar refractivity (Wildman–Crippen MR) is 83.2 cm³/mol. The van der Waals surface area contributed by atoms with Crippen LogP contribution in [-0.4, -0.2) is 43.6 Å². The number of hydrogen-bond acceptors (Lipinski definition) is 4. The summed E-state index contributed by atoms with van der Waals surface area (Å²) in [5.41, 5.74) is 1.33. The lowest BCUT2D eigenvalue weighted by molar-refractivity contribution is 0.0558. The summed E-state index contributed by atoms with van der Waals surface area (Å²) in [6, 6.07) is 9.50.